The van der Waals surface area contributed by atoms with Gasteiger partial charge in [-0.3, -0.25) is 19.1 Å². The third kappa shape index (κ3) is 5.60. The molecule has 0 aliphatic heterocycles. The van der Waals surface area contributed by atoms with Crippen LogP contribution in [0.4, 0.5) is 11.5 Å². The highest BCUT2D eigenvalue weighted by Gasteiger charge is 2.25. The topological polar surface area (TPSA) is 140 Å². The Bertz CT molecular complexity index is 1440. The van der Waals surface area contributed by atoms with Gasteiger partial charge < -0.3 is 15.2 Å². The Labute approximate surface area is 207 Å². The molecule has 2 aromatic carbocycles. The first-order valence-electron chi connectivity index (χ1n) is 11.7. The maximum Gasteiger partial charge on any atom is 0.330 e. The van der Waals surface area contributed by atoms with Crippen LogP contribution in [0.2, 0.25) is 0 Å². The zero-order chi connectivity index (χ0) is 25.7. The number of aromatic nitrogens is 4. The van der Waals surface area contributed by atoms with Crippen molar-refractivity contribution in [3.05, 3.63) is 104 Å². The molecule has 2 heterocycles. The van der Waals surface area contributed by atoms with Gasteiger partial charge in [0.05, 0.1) is 13.1 Å². The van der Waals surface area contributed by atoms with Crippen LogP contribution in [0.5, 0.6) is 0 Å². The minimum atomic E-state index is -0.731. The Hall–Kier alpha value is -4.47. The summed E-state index contributed by atoms with van der Waals surface area (Å²) in [4.78, 5) is 47.0. The lowest BCUT2D eigenvalue weighted by Crippen LogP contribution is -2.41. The molecule has 3 N–H and O–H groups in total. The van der Waals surface area contributed by atoms with Gasteiger partial charge in [0, 0.05) is 18.8 Å². The number of H-pyrrole nitrogens is 1. The summed E-state index contributed by atoms with van der Waals surface area (Å²) < 4.78 is 6.51. The lowest BCUT2D eigenvalue weighted by Gasteiger charge is -2.24. The van der Waals surface area contributed by atoms with Crippen LogP contribution in [0.1, 0.15) is 49.0 Å². The molecule has 4 aromatic rings. The zero-order valence-corrected chi connectivity index (χ0v) is 20.2. The van der Waals surface area contributed by atoms with Gasteiger partial charge in [-0.05, 0) is 11.1 Å². The molecule has 1 amide bonds. The maximum atomic E-state index is 13.5. The summed E-state index contributed by atoms with van der Waals surface area (Å²) in [5.74, 6) is 0.536. The molecule has 0 fully saturated rings. The van der Waals surface area contributed by atoms with Crippen LogP contribution in [0.15, 0.2) is 74.8 Å². The molecule has 0 bridgehead atoms. The van der Waals surface area contributed by atoms with Gasteiger partial charge in [-0.2, -0.15) is 4.98 Å². The van der Waals surface area contributed by atoms with Crippen molar-refractivity contribution in [1.82, 2.24) is 19.7 Å². The summed E-state index contributed by atoms with van der Waals surface area (Å²) in [6.45, 7) is 4.13. The molecular formula is C26H28N6O4. The quantitative estimate of drug-likeness (QED) is 0.369. The van der Waals surface area contributed by atoms with Crippen LogP contribution in [0.3, 0.4) is 0 Å². The van der Waals surface area contributed by atoms with E-state index >= 15 is 0 Å². The van der Waals surface area contributed by atoms with Gasteiger partial charge in [0.15, 0.2) is 11.5 Å². The molecule has 4 rings (SSSR count). The summed E-state index contributed by atoms with van der Waals surface area (Å²) in [5, 5.41) is 3.93. The molecule has 10 nitrogen and oxygen atoms in total. The third-order valence-electron chi connectivity index (χ3n) is 5.71. The van der Waals surface area contributed by atoms with E-state index in [9.17, 15) is 14.4 Å². The van der Waals surface area contributed by atoms with Gasteiger partial charge in [-0.25, -0.2) is 4.79 Å². The van der Waals surface area contributed by atoms with E-state index in [0.717, 1.165) is 11.1 Å². The van der Waals surface area contributed by atoms with Crippen molar-refractivity contribution in [2.45, 2.75) is 45.7 Å². The first-order chi connectivity index (χ1) is 17.3. The van der Waals surface area contributed by atoms with E-state index in [1.165, 1.54) is 9.47 Å². The number of amides is 1. The number of hydrogen-bond donors (Lipinski definition) is 2. The Morgan fingerprint density at radius 2 is 1.69 bits per heavy atom. The molecule has 0 saturated heterocycles. The summed E-state index contributed by atoms with van der Waals surface area (Å²) in [5.41, 5.74) is 6.54. The molecule has 0 aliphatic rings. The van der Waals surface area contributed by atoms with Crippen molar-refractivity contribution >= 4 is 17.4 Å². The molecule has 2 aromatic heterocycles. The molecule has 0 saturated carbocycles. The number of nitrogens with two attached hydrogens (primary N) is 1. The number of rotatable bonds is 9. The van der Waals surface area contributed by atoms with Crippen LogP contribution in [0, 0.1) is 0 Å². The maximum absolute atomic E-state index is 13.5. The molecule has 0 atom stereocenters. The van der Waals surface area contributed by atoms with Crippen molar-refractivity contribution in [2.75, 3.05) is 10.6 Å². The summed E-state index contributed by atoms with van der Waals surface area (Å²) in [6, 6.07) is 18.5. The minimum absolute atomic E-state index is 0.00323. The monoisotopic (exact) mass is 488 g/mol. The van der Waals surface area contributed by atoms with E-state index in [-0.39, 0.29) is 49.3 Å². The fourth-order valence-electron chi connectivity index (χ4n) is 3.77. The fraction of sp³-hybridized carbons (Fsp3) is 0.269. The molecule has 0 spiro atoms. The van der Waals surface area contributed by atoms with Gasteiger partial charge in [-0.1, -0.05) is 79.7 Å². The first kappa shape index (κ1) is 24.6. The number of aryl methyl sites for hydroxylation is 1. The Morgan fingerprint density at radius 1 is 1.06 bits per heavy atom. The van der Waals surface area contributed by atoms with Crippen molar-refractivity contribution in [3.63, 3.8) is 0 Å². The normalized spacial score (nSPS) is 11.1. The summed E-state index contributed by atoms with van der Waals surface area (Å²) in [7, 11) is 0. The molecule has 0 radical (unpaired) electrons. The highest BCUT2D eigenvalue weighted by Crippen LogP contribution is 2.22. The van der Waals surface area contributed by atoms with E-state index in [1.54, 1.807) is 0 Å². The first-order valence-corrected chi connectivity index (χ1v) is 11.7. The number of hydrogen-bond acceptors (Lipinski definition) is 7. The van der Waals surface area contributed by atoms with Gasteiger partial charge in [0.25, 0.3) is 5.56 Å². The number of carbonyl (C=O) groups is 1. The van der Waals surface area contributed by atoms with Gasteiger partial charge >= 0.3 is 5.69 Å². The average molecular weight is 489 g/mol. The number of nitrogens with zero attached hydrogens (tertiary/aromatic N) is 4. The number of nitrogens with one attached hydrogen (secondary N) is 1. The number of anilines is 2. The predicted molar refractivity (Wildman–Crippen MR) is 136 cm³/mol. The Kier molecular flexibility index (Phi) is 7.43. The minimum Gasteiger partial charge on any atom is -0.383 e. The third-order valence-corrected chi connectivity index (χ3v) is 5.71. The smallest absolute Gasteiger partial charge is 0.330 e. The van der Waals surface area contributed by atoms with Crippen LogP contribution in [-0.2, 0) is 24.3 Å². The SMILES string of the molecule is CC(C)c1noc(CCC(=O)N(Cc2ccccc2)c2c(N)n(Cc3ccccc3)c(=O)[nH]c2=O)n1. The lowest BCUT2D eigenvalue weighted by atomic mass is 10.1. The van der Waals surface area contributed by atoms with Crippen molar-refractivity contribution < 1.29 is 9.32 Å². The molecule has 10 heteroatoms. The van der Waals surface area contributed by atoms with Crippen LogP contribution in [-0.4, -0.2) is 25.6 Å². The van der Waals surface area contributed by atoms with Crippen molar-refractivity contribution in [2.24, 2.45) is 0 Å². The largest absolute Gasteiger partial charge is 0.383 e. The second-order valence-corrected chi connectivity index (χ2v) is 8.73. The van der Waals surface area contributed by atoms with Gasteiger partial charge in [0.2, 0.25) is 11.8 Å². The number of benzene rings is 2. The number of nitrogen functional groups attached to an aromatic ring is 1. The van der Waals surface area contributed by atoms with Gasteiger partial charge in [0.1, 0.15) is 5.82 Å². The lowest BCUT2D eigenvalue weighted by molar-refractivity contribution is -0.118. The van der Waals surface area contributed by atoms with E-state index in [2.05, 4.69) is 15.1 Å². The standard InChI is InChI=1S/C26H28N6O4/c1-17(2)24-28-20(36-30-24)13-14-21(33)31(15-18-9-5-3-6-10-18)22-23(27)32(26(35)29-25(22)34)16-19-11-7-4-8-12-19/h3-12,17H,13-16,27H2,1-2H3,(H,29,34,35). The second kappa shape index (κ2) is 10.9. The highest BCUT2D eigenvalue weighted by atomic mass is 16.5. The van der Waals surface area contributed by atoms with E-state index in [1.807, 2.05) is 74.5 Å². The summed E-state index contributed by atoms with van der Waals surface area (Å²) >= 11 is 0. The van der Waals surface area contributed by atoms with Crippen LogP contribution in [0.25, 0.3) is 0 Å². The average Bonchev–Trinajstić information content (AvgIpc) is 3.35. The molecule has 0 aliphatic carbocycles. The highest BCUT2D eigenvalue weighted by molar-refractivity contribution is 5.95. The fourth-order valence-corrected chi connectivity index (χ4v) is 3.77. The van der Waals surface area contributed by atoms with E-state index in [0.29, 0.717) is 11.7 Å². The van der Waals surface area contributed by atoms with Crippen molar-refractivity contribution in [3.8, 4) is 0 Å². The molecule has 0 unspecified atom stereocenters. The predicted octanol–water partition coefficient (Wildman–Crippen LogP) is 2.84. The summed E-state index contributed by atoms with van der Waals surface area (Å²) in [6.07, 6.45) is 0.203. The van der Waals surface area contributed by atoms with Crippen LogP contribution >= 0.6 is 0 Å². The Balaban J connectivity index is 1.69. The molecule has 36 heavy (non-hydrogen) atoms. The van der Waals surface area contributed by atoms with Crippen molar-refractivity contribution in [1.29, 1.82) is 0 Å². The second-order valence-electron chi connectivity index (χ2n) is 8.73. The Morgan fingerprint density at radius 3 is 2.31 bits per heavy atom. The number of aromatic amines is 1. The van der Waals surface area contributed by atoms with E-state index in [4.69, 9.17) is 10.3 Å². The zero-order valence-electron chi connectivity index (χ0n) is 20.2. The number of carbonyl (C=O) groups excluding carboxylic acids is 1. The van der Waals surface area contributed by atoms with E-state index < -0.39 is 11.2 Å². The van der Waals surface area contributed by atoms with Crippen LogP contribution < -0.4 is 21.9 Å². The molecule has 186 valence electrons. The molecular weight excluding hydrogens is 460 g/mol. The van der Waals surface area contributed by atoms with Gasteiger partial charge in [-0.15, -0.1) is 0 Å².